The van der Waals surface area contributed by atoms with E-state index in [4.69, 9.17) is 16.3 Å². The summed E-state index contributed by atoms with van der Waals surface area (Å²) >= 11 is 5.94. The molecule has 1 aromatic rings. The molecule has 80 valence electrons. The molecule has 1 fully saturated rings. The van der Waals surface area contributed by atoms with E-state index in [1.807, 2.05) is 0 Å². The van der Waals surface area contributed by atoms with Crippen molar-refractivity contribution in [3.63, 3.8) is 0 Å². The average Bonchev–Trinajstić information content (AvgIpc) is 2.47. The van der Waals surface area contributed by atoms with Crippen LogP contribution in [0.2, 0.25) is 5.02 Å². The molecule has 4 nitrogen and oxygen atoms in total. The zero-order valence-corrected chi connectivity index (χ0v) is 8.81. The second kappa shape index (κ2) is 3.72. The van der Waals surface area contributed by atoms with Crippen molar-refractivity contribution in [2.24, 2.45) is 0 Å². The molecule has 0 spiro atoms. The van der Waals surface area contributed by atoms with Gasteiger partial charge in [-0.05, 0) is 6.07 Å². The summed E-state index contributed by atoms with van der Waals surface area (Å²) in [6.07, 6.45) is -2.25. The van der Waals surface area contributed by atoms with Gasteiger partial charge in [-0.25, -0.2) is 4.79 Å². The molecule has 0 saturated carbocycles. The summed E-state index contributed by atoms with van der Waals surface area (Å²) in [5, 5.41) is 10.2. The van der Waals surface area contributed by atoms with Crippen LogP contribution in [0.15, 0.2) is 24.3 Å². The summed E-state index contributed by atoms with van der Waals surface area (Å²) in [7, 11) is 1.48. The van der Waals surface area contributed by atoms with Crippen LogP contribution < -0.4 is 0 Å². The van der Waals surface area contributed by atoms with Crippen LogP contribution in [-0.2, 0) is 4.74 Å². The number of hydrogen-bond donors (Lipinski definition) is 1. The molecule has 2 rings (SSSR count). The van der Waals surface area contributed by atoms with Gasteiger partial charge < -0.3 is 9.84 Å². The van der Waals surface area contributed by atoms with Gasteiger partial charge in [-0.15, -0.1) is 0 Å². The Bertz CT molecular complexity index is 396. The molecule has 1 aliphatic heterocycles. The van der Waals surface area contributed by atoms with Gasteiger partial charge in [-0.3, -0.25) is 4.90 Å². The Hall–Kier alpha value is -1.26. The lowest BCUT2D eigenvalue weighted by Gasteiger charge is -2.16. The fraction of sp³-hybridized carbons (Fsp3) is 0.300. The zero-order valence-electron chi connectivity index (χ0n) is 8.05. The summed E-state index contributed by atoms with van der Waals surface area (Å²) in [6.45, 7) is 0. The Kier molecular flexibility index (Phi) is 2.54. The highest BCUT2D eigenvalue weighted by atomic mass is 35.5. The molecule has 1 saturated heterocycles. The predicted molar refractivity (Wildman–Crippen MR) is 54.4 cm³/mol. The molecule has 0 aliphatic carbocycles. The van der Waals surface area contributed by atoms with Gasteiger partial charge in [0.15, 0.2) is 12.3 Å². The van der Waals surface area contributed by atoms with Crippen molar-refractivity contribution in [1.29, 1.82) is 0 Å². The molecule has 1 heterocycles. The first-order valence-electron chi connectivity index (χ1n) is 4.47. The summed E-state index contributed by atoms with van der Waals surface area (Å²) in [6, 6.07) is 6.97. The highest BCUT2D eigenvalue weighted by molar-refractivity contribution is 6.31. The van der Waals surface area contributed by atoms with Gasteiger partial charge in [0.1, 0.15) is 0 Å². The number of cyclic esters (lactones) is 1. The summed E-state index contributed by atoms with van der Waals surface area (Å²) in [5.41, 5.74) is 0.615. The molecule has 15 heavy (non-hydrogen) atoms. The third-order valence-corrected chi connectivity index (χ3v) is 2.74. The van der Waals surface area contributed by atoms with Crippen molar-refractivity contribution in [2.45, 2.75) is 12.3 Å². The van der Waals surface area contributed by atoms with Crippen LogP contribution in [0.1, 0.15) is 11.7 Å². The third kappa shape index (κ3) is 1.66. The second-order valence-corrected chi connectivity index (χ2v) is 3.76. The van der Waals surface area contributed by atoms with Crippen LogP contribution in [-0.4, -0.2) is 29.4 Å². The molecule has 2 unspecified atom stereocenters. The van der Waals surface area contributed by atoms with E-state index < -0.39 is 18.4 Å². The molecule has 1 aliphatic rings. The van der Waals surface area contributed by atoms with Crippen LogP contribution in [0.25, 0.3) is 0 Å². The number of aliphatic hydroxyl groups is 1. The quantitative estimate of drug-likeness (QED) is 0.796. The number of halogens is 1. The van der Waals surface area contributed by atoms with Crippen molar-refractivity contribution in [2.75, 3.05) is 7.05 Å². The smallest absolute Gasteiger partial charge is 0.412 e. The van der Waals surface area contributed by atoms with E-state index >= 15 is 0 Å². The molecule has 1 amide bonds. The molecule has 1 N–H and O–H groups in total. The lowest BCUT2D eigenvalue weighted by molar-refractivity contribution is 0.0222. The number of rotatable bonds is 1. The summed E-state index contributed by atoms with van der Waals surface area (Å²) in [4.78, 5) is 12.3. The number of likely N-dealkylation sites (N-methyl/N-ethyl adjacent to an activating group) is 1. The van der Waals surface area contributed by atoms with Gasteiger partial charge in [0.25, 0.3) is 0 Å². The lowest BCUT2D eigenvalue weighted by Crippen LogP contribution is -2.29. The number of carbonyl (C=O) groups excluding carboxylic acids is 1. The van der Waals surface area contributed by atoms with E-state index in [1.165, 1.54) is 7.05 Å². The van der Waals surface area contributed by atoms with Crippen molar-refractivity contribution in [3.05, 3.63) is 34.9 Å². The van der Waals surface area contributed by atoms with Crippen LogP contribution >= 0.6 is 11.6 Å². The minimum Gasteiger partial charge on any atom is -0.436 e. The average molecular weight is 228 g/mol. The fourth-order valence-corrected chi connectivity index (χ4v) is 1.74. The van der Waals surface area contributed by atoms with Crippen molar-refractivity contribution >= 4 is 17.7 Å². The Labute approximate surface area is 92.0 Å². The maximum atomic E-state index is 11.2. The van der Waals surface area contributed by atoms with Crippen molar-refractivity contribution in [1.82, 2.24) is 4.90 Å². The second-order valence-electron chi connectivity index (χ2n) is 3.35. The first-order valence-corrected chi connectivity index (χ1v) is 4.85. The standard InChI is InChI=1S/C10H10ClNO3/c1-12-9(13)8(15-10(12)14)6-4-2-3-5-7(6)11/h2-5,8-9,13H,1H3. The van der Waals surface area contributed by atoms with E-state index in [9.17, 15) is 9.90 Å². The van der Waals surface area contributed by atoms with Crippen molar-refractivity contribution in [3.8, 4) is 0 Å². The lowest BCUT2D eigenvalue weighted by atomic mass is 10.1. The number of carbonyl (C=O) groups is 1. The minimum atomic E-state index is -0.989. The Morgan fingerprint density at radius 3 is 2.67 bits per heavy atom. The maximum absolute atomic E-state index is 11.2. The summed E-state index contributed by atoms with van der Waals surface area (Å²) < 4.78 is 5.01. The molecular formula is C10H10ClNO3. The number of hydrogen-bond acceptors (Lipinski definition) is 3. The van der Waals surface area contributed by atoms with Gasteiger partial charge in [0.05, 0.1) is 0 Å². The minimum absolute atomic E-state index is 0.477. The van der Waals surface area contributed by atoms with Crippen LogP contribution in [0.4, 0.5) is 4.79 Å². The van der Waals surface area contributed by atoms with Gasteiger partial charge in [-0.1, -0.05) is 29.8 Å². The number of amides is 1. The molecular weight excluding hydrogens is 218 g/mol. The molecule has 5 heteroatoms. The molecule has 0 bridgehead atoms. The third-order valence-electron chi connectivity index (χ3n) is 2.40. The van der Waals surface area contributed by atoms with Gasteiger partial charge in [-0.2, -0.15) is 0 Å². The highest BCUT2D eigenvalue weighted by Gasteiger charge is 2.39. The SMILES string of the molecule is CN1C(=O)OC(c2ccccc2Cl)C1O. The molecule has 0 radical (unpaired) electrons. The largest absolute Gasteiger partial charge is 0.436 e. The number of ether oxygens (including phenoxy) is 1. The number of aliphatic hydroxyl groups excluding tert-OH is 1. The first kappa shape index (κ1) is 10.3. The van der Waals surface area contributed by atoms with E-state index in [0.717, 1.165) is 4.90 Å². The van der Waals surface area contributed by atoms with E-state index in [-0.39, 0.29) is 0 Å². The molecule has 1 aromatic carbocycles. The monoisotopic (exact) mass is 227 g/mol. The first-order chi connectivity index (χ1) is 7.11. The van der Waals surface area contributed by atoms with Crippen molar-refractivity contribution < 1.29 is 14.6 Å². The van der Waals surface area contributed by atoms with E-state index in [2.05, 4.69) is 0 Å². The van der Waals surface area contributed by atoms with Crippen LogP contribution in [0.3, 0.4) is 0 Å². The van der Waals surface area contributed by atoms with E-state index in [0.29, 0.717) is 10.6 Å². The zero-order chi connectivity index (χ0) is 11.0. The normalized spacial score (nSPS) is 25.5. The fourth-order valence-electron chi connectivity index (χ4n) is 1.49. The molecule has 2 atom stereocenters. The predicted octanol–water partition coefficient (Wildman–Crippen LogP) is 1.78. The Balaban J connectivity index is 2.34. The topological polar surface area (TPSA) is 49.8 Å². The van der Waals surface area contributed by atoms with Gasteiger partial charge >= 0.3 is 6.09 Å². The van der Waals surface area contributed by atoms with Crippen LogP contribution in [0.5, 0.6) is 0 Å². The van der Waals surface area contributed by atoms with Gasteiger partial charge in [0, 0.05) is 17.6 Å². The number of nitrogens with zero attached hydrogens (tertiary/aromatic N) is 1. The Morgan fingerprint density at radius 2 is 2.13 bits per heavy atom. The number of benzene rings is 1. The summed E-state index contributed by atoms with van der Waals surface area (Å²) in [5.74, 6) is 0. The van der Waals surface area contributed by atoms with E-state index in [1.54, 1.807) is 24.3 Å². The highest BCUT2D eigenvalue weighted by Crippen LogP contribution is 2.33. The van der Waals surface area contributed by atoms with Gasteiger partial charge in [0.2, 0.25) is 0 Å². The van der Waals surface area contributed by atoms with Crippen LogP contribution in [0, 0.1) is 0 Å². The Morgan fingerprint density at radius 1 is 1.47 bits per heavy atom. The molecule has 0 aromatic heterocycles. The maximum Gasteiger partial charge on any atom is 0.412 e.